The lowest BCUT2D eigenvalue weighted by molar-refractivity contribution is 0.0697. The molecule has 7 nitrogen and oxygen atoms in total. The number of nitrogens with one attached hydrogen (secondary N) is 1. The average molecular weight is 323 g/mol. The molecule has 122 valence electrons. The molecule has 4 rings (SSSR count). The molecule has 3 unspecified atom stereocenters. The molecule has 0 saturated carbocycles. The van der Waals surface area contributed by atoms with Crippen LogP contribution in [0.25, 0.3) is 11.3 Å². The molecule has 1 N–H and O–H groups in total. The van der Waals surface area contributed by atoms with E-state index in [9.17, 15) is 4.79 Å². The highest BCUT2D eigenvalue weighted by molar-refractivity contribution is 5.90. The second-order valence-electron chi connectivity index (χ2n) is 6.29. The lowest BCUT2D eigenvalue weighted by atomic mass is 9.98. The van der Waals surface area contributed by atoms with Crippen LogP contribution in [-0.4, -0.2) is 45.9 Å². The number of nitrogens with zero attached hydrogens (tertiary/aromatic N) is 4. The number of fused-ring (bicyclic) bond motifs is 1. The number of hydrogen-bond donors (Lipinski definition) is 1. The molecule has 3 atom stereocenters. The number of carbonyl (C=O) groups excluding carboxylic acids is 1. The first-order valence-corrected chi connectivity index (χ1v) is 8.04. The van der Waals surface area contributed by atoms with E-state index in [0.717, 1.165) is 19.5 Å². The van der Waals surface area contributed by atoms with Gasteiger partial charge in [-0.05, 0) is 31.4 Å². The molecule has 2 fully saturated rings. The molecule has 2 aromatic heterocycles. The van der Waals surface area contributed by atoms with Crippen LogP contribution < -0.4 is 5.32 Å². The monoisotopic (exact) mass is 323 g/mol. The zero-order chi connectivity index (χ0) is 16.7. The molecule has 2 saturated heterocycles. The summed E-state index contributed by atoms with van der Waals surface area (Å²) >= 11 is 0. The molecular weight excluding hydrogens is 306 g/mol. The van der Waals surface area contributed by atoms with Crippen LogP contribution in [0.1, 0.15) is 29.7 Å². The Morgan fingerprint density at radius 1 is 1.50 bits per heavy atom. The smallest absolute Gasteiger partial charge is 0.310 e. The number of pyridine rings is 1. The summed E-state index contributed by atoms with van der Waals surface area (Å²) in [6, 6.07) is 5.98. The van der Waals surface area contributed by atoms with Gasteiger partial charge in [0.05, 0.1) is 6.20 Å². The molecular formula is C17H17N5O2. The van der Waals surface area contributed by atoms with Crippen molar-refractivity contribution in [3.05, 3.63) is 36.1 Å². The largest absolute Gasteiger partial charge is 0.432 e. The normalized spacial score (nSPS) is 25.5. The molecule has 2 aromatic rings. The van der Waals surface area contributed by atoms with Gasteiger partial charge in [-0.25, -0.2) is 9.97 Å². The fourth-order valence-corrected chi connectivity index (χ4v) is 3.71. The average Bonchev–Trinajstić information content (AvgIpc) is 3.32. The fraction of sp³-hybridized carbons (Fsp3) is 0.412. The standard InChI is InChI=1S/C17H17N5O2/c1-10-13-3-5-22(14(13)8-20-10)17(23)16-21-9-15(24-16)11-2-4-19-12(6-11)7-18/h2,4,6,9-10,13-14,20H,3,5,8H2,1H3. The SMILES string of the molecule is CC1NCC2C1CCN2C(=O)c1ncc(-c2ccnc(C#N)c2)o1. The van der Waals surface area contributed by atoms with Gasteiger partial charge in [0.1, 0.15) is 11.8 Å². The van der Waals surface area contributed by atoms with Crippen molar-refractivity contribution in [2.24, 2.45) is 5.92 Å². The Kier molecular flexibility index (Phi) is 3.54. The molecule has 0 bridgehead atoms. The third-order valence-electron chi connectivity index (χ3n) is 5.00. The number of oxazole rings is 1. The highest BCUT2D eigenvalue weighted by atomic mass is 16.4. The third-order valence-corrected chi connectivity index (χ3v) is 5.00. The van der Waals surface area contributed by atoms with Crippen molar-refractivity contribution >= 4 is 5.91 Å². The molecule has 4 heterocycles. The topological polar surface area (TPSA) is 95.0 Å². The van der Waals surface area contributed by atoms with Crippen LogP contribution in [0.3, 0.4) is 0 Å². The highest BCUT2D eigenvalue weighted by Crippen LogP contribution is 2.32. The minimum Gasteiger partial charge on any atom is -0.432 e. The van der Waals surface area contributed by atoms with Crippen molar-refractivity contribution in [2.75, 3.05) is 13.1 Å². The summed E-state index contributed by atoms with van der Waals surface area (Å²) in [7, 11) is 0. The third kappa shape index (κ3) is 2.36. The van der Waals surface area contributed by atoms with Crippen LogP contribution in [0.4, 0.5) is 0 Å². The second kappa shape index (κ2) is 5.73. The van der Waals surface area contributed by atoms with Crippen LogP contribution in [0.15, 0.2) is 28.9 Å². The first-order valence-electron chi connectivity index (χ1n) is 8.04. The molecule has 0 aromatic carbocycles. The second-order valence-corrected chi connectivity index (χ2v) is 6.29. The van der Waals surface area contributed by atoms with Gasteiger partial charge in [0.15, 0.2) is 5.76 Å². The van der Waals surface area contributed by atoms with E-state index in [1.165, 1.54) is 12.4 Å². The van der Waals surface area contributed by atoms with Crippen molar-refractivity contribution < 1.29 is 9.21 Å². The van der Waals surface area contributed by atoms with Crippen LogP contribution in [0.2, 0.25) is 0 Å². The molecule has 2 aliphatic heterocycles. The van der Waals surface area contributed by atoms with Gasteiger partial charge in [-0.2, -0.15) is 5.26 Å². The quantitative estimate of drug-likeness (QED) is 0.898. The molecule has 2 aliphatic rings. The zero-order valence-corrected chi connectivity index (χ0v) is 13.3. The molecule has 0 spiro atoms. The number of carbonyl (C=O) groups is 1. The van der Waals surface area contributed by atoms with Crippen molar-refractivity contribution in [1.82, 2.24) is 20.2 Å². The van der Waals surface area contributed by atoms with Crippen LogP contribution in [-0.2, 0) is 0 Å². The minimum atomic E-state index is -0.167. The summed E-state index contributed by atoms with van der Waals surface area (Å²) in [5, 5.41) is 12.3. The number of amides is 1. The van der Waals surface area contributed by atoms with Gasteiger partial charge in [-0.3, -0.25) is 4.79 Å². The lowest BCUT2D eigenvalue weighted by Gasteiger charge is -2.21. The number of rotatable bonds is 2. The van der Waals surface area contributed by atoms with Gasteiger partial charge in [0, 0.05) is 36.9 Å². The summed E-state index contributed by atoms with van der Waals surface area (Å²) in [5.74, 6) is 0.896. The summed E-state index contributed by atoms with van der Waals surface area (Å²) in [6.45, 7) is 3.73. The number of hydrogen-bond acceptors (Lipinski definition) is 6. The maximum atomic E-state index is 12.7. The maximum absolute atomic E-state index is 12.7. The number of aromatic nitrogens is 2. The van der Waals surface area contributed by atoms with Crippen molar-refractivity contribution in [2.45, 2.75) is 25.4 Å². The maximum Gasteiger partial charge on any atom is 0.310 e. The van der Waals surface area contributed by atoms with E-state index in [1.54, 1.807) is 12.1 Å². The number of likely N-dealkylation sites (tertiary alicyclic amines) is 1. The van der Waals surface area contributed by atoms with Gasteiger partial charge in [0.25, 0.3) is 5.89 Å². The lowest BCUT2D eigenvalue weighted by Crippen LogP contribution is -2.39. The zero-order valence-electron chi connectivity index (χ0n) is 13.3. The van der Waals surface area contributed by atoms with E-state index in [0.29, 0.717) is 29.0 Å². The molecule has 24 heavy (non-hydrogen) atoms. The van der Waals surface area contributed by atoms with E-state index in [2.05, 4.69) is 22.2 Å². The Hall–Kier alpha value is -2.72. The van der Waals surface area contributed by atoms with Gasteiger partial charge < -0.3 is 14.6 Å². The van der Waals surface area contributed by atoms with Crippen LogP contribution >= 0.6 is 0 Å². The first-order chi connectivity index (χ1) is 11.7. The Labute approximate surface area is 139 Å². The number of nitriles is 1. The Morgan fingerprint density at radius 2 is 2.38 bits per heavy atom. The van der Waals surface area contributed by atoms with E-state index in [4.69, 9.17) is 9.68 Å². The van der Waals surface area contributed by atoms with Crippen LogP contribution in [0, 0.1) is 17.2 Å². The molecule has 1 amide bonds. The van der Waals surface area contributed by atoms with Gasteiger partial charge in [-0.15, -0.1) is 0 Å². The van der Waals surface area contributed by atoms with Gasteiger partial charge in [0.2, 0.25) is 0 Å². The predicted molar refractivity (Wildman–Crippen MR) is 84.8 cm³/mol. The van der Waals surface area contributed by atoms with E-state index in [1.807, 2.05) is 11.0 Å². The fourth-order valence-electron chi connectivity index (χ4n) is 3.71. The Bertz CT molecular complexity index is 824. The van der Waals surface area contributed by atoms with E-state index < -0.39 is 0 Å². The molecule has 0 radical (unpaired) electrons. The summed E-state index contributed by atoms with van der Waals surface area (Å²) < 4.78 is 5.66. The van der Waals surface area contributed by atoms with Crippen molar-refractivity contribution in [1.29, 1.82) is 5.26 Å². The molecule has 7 heteroatoms. The summed E-state index contributed by atoms with van der Waals surface area (Å²) in [5.41, 5.74) is 0.980. The van der Waals surface area contributed by atoms with Gasteiger partial charge >= 0.3 is 5.91 Å². The molecule has 0 aliphatic carbocycles. The minimum absolute atomic E-state index is 0.0977. The van der Waals surface area contributed by atoms with E-state index >= 15 is 0 Å². The Balaban J connectivity index is 1.57. The van der Waals surface area contributed by atoms with Crippen molar-refractivity contribution in [3.8, 4) is 17.4 Å². The first kappa shape index (κ1) is 14.8. The van der Waals surface area contributed by atoms with Gasteiger partial charge in [-0.1, -0.05) is 0 Å². The van der Waals surface area contributed by atoms with Crippen LogP contribution in [0.5, 0.6) is 0 Å². The summed E-state index contributed by atoms with van der Waals surface area (Å²) in [4.78, 5) is 22.7. The van der Waals surface area contributed by atoms with E-state index in [-0.39, 0.29) is 17.8 Å². The summed E-state index contributed by atoms with van der Waals surface area (Å²) in [6.07, 6.45) is 4.06. The predicted octanol–water partition coefficient (Wildman–Crippen LogP) is 1.43. The highest BCUT2D eigenvalue weighted by Gasteiger charge is 2.44. The van der Waals surface area contributed by atoms with Crippen molar-refractivity contribution in [3.63, 3.8) is 0 Å². The Morgan fingerprint density at radius 3 is 3.21 bits per heavy atom.